The van der Waals surface area contributed by atoms with Gasteiger partial charge in [0.05, 0.1) is 17.1 Å². The minimum Gasteiger partial charge on any atom is -0.462 e. The van der Waals surface area contributed by atoms with Crippen LogP contribution in [0.2, 0.25) is 0 Å². The molecule has 0 aliphatic carbocycles. The molecule has 1 aliphatic rings. The second kappa shape index (κ2) is 16.1. The van der Waals surface area contributed by atoms with E-state index in [1.807, 2.05) is 0 Å². The molecule has 2 aromatic carbocycles. The Morgan fingerprint density at radius 2 is 1.61 bits per heavy atom. The number of hydrogen-bond donors (Lipinski definition) is 2. The van der Waals surface area contributed by atoms with E-state index in [1.54, 1.807) is 30.3 Å². The first kappa shape index (κ1) is 35.9. The number of aliphatic hydroxyl groups is 1. The van der Waals surface area contributed by atoms with Crippen molar-refractivity contribution in [2.24, 2.45) is 0 Å². The molecule has 1 heterocycles. The summed E-state index contributed by atoms with van der Waals surface area (Å²) in [7, 11) is 0. The molecule has 0 spiro atoms. The van der Waals surface area contributed by atoms with Crippen LogP contribution in [0.1, 0.15) is 39.7 Å². The molecule has 2 N–H and O–H groups in total. The number of nitrogens with zero attached hydrogens (tertiary/aromatic N) is 1. The Hall–Kier alpha value is -4.54. The average Bonchev–Trinajstić information content (AvgIpc) is 2.98. The maximum atomic E-state index is 14.0. The van der Waals surface area contributed by atoms with Gasteiger partial charge in [0.1, 0.15) is 19.3 Å². The first-order valence-corrected chi connectivity index (χ1v) is 14.8. The lowest BCUT2D eigenvalue weighted by Gasteiger charge is -2.48. The van der Waals surface area contributed by atoms with E-state index in [1.165, 1.54) is 24.3 Å². The van der Waals surface area contributed by atoms with Gasteiger partial charge in [0.2, 0.25) is 10.8 Å². The van der Waals surface area contributed by atoms with Gasteiger partial charge in [-0.1, -0.05) is 42.1 Å². The van der Waals surface area contributed by atoms with Gasteiger partial charge in [-0.25, -0.2) is 4.79 Å². The maximum Gasteiger partial charge on any atom is 0.349 e. The Kier molecular flexibility index (Phi) is 12.6. The van der Waals surface area contributed by atoms with Gasteiger partial charge in [-0.3, -0.25) is 29.3 Å². The highest BCUT2D eigenvalue weighted by atomic mass is 32.2. The van der Waals surface area contributed by atoms with Crippen molar-refractivity contribution in [3.05, 3.63) is 70.3 Å². The van der Waals surface area contributed by atoms with Gasteiger partial charge in [-0.05, 0) is 17.7 Å². The van der Waals surface area contributed by atoms with Crippen LogP contribution < -0.4 is 5.32 Å². The fourth-order valence-electron chi connectivity index (χ4n) is 4.70. The monoisotopic (exact) mass is 662 g/mol. The van der Waals surface area contributed by atoms with Crippen molar-refractivity contribution in [3.8, 4) is 0 Å². The quantitative estimate of drug-likeness (QED) is 0.137. The van der Waals surface area contributed by atoms with Crippen molar-refractivity contribution in [1.82, 2.24) is 5.32 Å². The third kappa shape index (κ3) is 9.98. The lowest BCUT2D eigenvalue weighted by Crippen LogP contribution is -2.67. The molecule has 2 aromatic rings. The number of carbonyl (C=O) groups excluding carboxylic acids is 5. The molecule has 1 aliphatic heterocycles. The predicted octanol–water partition coefficient (Wildman–Crippen LogP) is 2.21. The summed E-state index contributed by atoms with van der Waals surface area (Å²) in [5, 5.41) is 25.2. The lowest BCUT2D eigenvalue weighted by molar-refractivity contribution is -0.384. The van der Waals surface area contributed by atoms with E-state index in [9.17, 15) is 39.2 Å². The van der Waals surface area contributed by atoms with Gasteiger partial charge in [0.25, 0.3) is 5.69 Å². The highest BCUT2D eigenvalue weighted by Gasteiger charge is 2.57. The summed E-state index contributed by atoms with van der Waals surface area (Å²) in [5.41, 5.74) is 0.410. The summed E-state index contributed by atoms with van der Waals surface area (Å²) in [6.45, 7) is 3.55. The fourth-order valence-corrected chi connectivity index (χ4v) is 5.91. The van der Waals surface area contributed by atoms with E-state index >= 15 is 0 Å². The van der Waals surface area contributed by atoms with Crippen LogP contribution in [0, 0.1) is 10.1 Å². The zero-order chi connectivity index (χ0) is 34.0. The van der Waals surface area contributed by atoms with Crippen molar-refractivity contribution < 1.29 is 57.7 Å². The minimum absolute atomic E-state index is 0.197. The number of nitro groups is 1. The Labute approximate surface area is 268 Å². The molecule has 16 heteroatoms. The molecule has 1 saturated heterocycles. The van der Waals surface area contributed by atoms with Crippen LogP contribution in [-0.2, 0) is 54.3 Å². The number of ether oxygens (including phenoxy) is 5. The highest BCUT2D eigenvalue weighted by molar-refractivity contribution is 8.01. The standard InChI is InChI=1S/C30H34N2O13S/c1-17(33)31-26-24(37)14-30(29(38)42-15-21-8-6-5-7-9-21,46-23-12-10-22(11-13-23)32(39)40)45-28(26)27(44-20(4)36)25(43-19(3)35)16-41-18(2)34/h5-13,24-28,37H,14-16H2,1-4H3,(H,31,33)/t24-,25+,26+,27+,28+,30-/m0/s1. The van der Waals surface area contributed by atoms with E-state index in [0.29, 0.717) is 10.5 Å². The molecule has 46 heavy (non-hydrogen) atoms. The van der Waals surface area contributed by atoms with Crippen LogP contribution >= 0.6 is 11.8 Å². The molecular formula is C30H34N2O13S. The van der Waals surface area contributed by atoms with Crippen LogP contribution in [-0.4, -0.2) is 81.8 Å². The van der Waals surface area contributed by atoms with E-state index in [-0.39, 0.29) is 12.3 Å². The van der Waals surface area contributed by atoms with Gasteiger partial charge in [0.15, 0.2) is 12.2 Å². The molecule has 0 saturated carbocycles. The topological polar surface area (TPSA) is 207 Å². The molecule has 6 atom stereocenters. The second-order valence-electron chi connectivity index (χ2n) is 10.3. The molecule has 0 bridgehead atoms. The number of hydrogen-bond acceptors (Lipinski definition) is 14. The van der Waals surface area contributed by atoms with Gasteiger partial charge in [-0.15, -0.1) is 0 Å². The molecule has 0 radical (unpaired) electrons. The minimum atomic E-state index is -2.11. The zero-order valence-electron chi connectivity index (χ0n) is 25.4. The van der Waals surface area contributed by atoms with Crippen molar-refractivity contribution in [3.63, 3.8) is 0 Å². The number of amides is 1. The fraction of sp³-hybridized carbons (Fsp3) is 0.433. The lowest BCUT2D eigenvalue weighted by atomic mass is 9.89. The Morgan fingerprint density at radius 1 is 0.978 bits per heavy atom. The van der Waals surface area contributed by atoms with Gasteiger partial charge >= 0.3 is 23.9 Å². The highest BCUT2D eigenvalue weighted by Crippen LogP contribution is 2.45. The molecule has 15 nitrogen and oxygen atoms in total. The zero-order valence-corrected chi connectivity index (χ0v) is 26.2. The van der Waals surface area contributed by atoms with E-state index < -0.39 is 83.1 Å². The van der Waals surface area contributed by atoms with Crippen LogP contribution in [0.25, 0.3) is 0 Å². The van der Waals surface area contributed by atoms with Gasteiger partial charge < -0.3 is 34.1 Å². The van der Waals surface area contributed by atoms with E-state index in [0.717, 1.165) is 39.5 Å². The maximum absolute atomic E-state index is 14.0. The largest absolute Gasteiger partial charge is 0.462 e. The van der Waals surface area contributed by atoms with Crippen LogP contribution in [0.4, 0.5) is 5.69 Å². The number of carbonyl (C=O) groups is 5. The summed E-state index contributed by atoms with van der Waals surface area (Å²) in [6.07, 6.45) is -6.79. The Bertz CT molecular complexity index is 1420. The number of thioether (sulfide) groups is 1. The number of benzene rings is 2. The number of nitro benzene ring substituents is 1. The first-order chi connectivity index (χ1) is 21.7. The molecule has 0 unspecified atom stereocenters. The smallest absolute Gasteiger partial charge is 0.349 e. The average molecular weight is 663 g/mol. The van der Waals surface area contributed by atoms with Crippen LogP contribution in [0.3, 0.4) is 0 Å². The summed E-state index contributed by atoms with van der Waals surface area (Å²) < 4.78 is 27.9. The number of rotatable bonds is 13. The SMILES string of the molecule is CC(=O)N[C@H]1[C@H]([C@H](OC(C)=O)[C@@H](COC(C)=O)OC(C)=O)O[C@@](Sc2ccc([N+](=O)[O-])cc2)(C(=O)OCc2ccccc2)C[C@@H]1O. The summed E-state index contributed by atoms with van der Waals surface area (Å²) >= 11 is 0.759. The third-order valence-electron chi connectivity index (χ3n) is 6.56. The molecule has 248 valence electrons. The third-order valence-corrected chi connectivity index (χ3v) is 7.82. The van der Waals surface area contributed by atoms with Crippen LogP contribution in [0.5, 0.6) is 0 Å². The summed E-state index contributed by atoms with van der Waals surface area (Å²) in [5.74, 6) is -4.10. The number of aliphatic hydroxyl groups excluding tert-OH is 1. The number of nitrogens with one attached hydrogen (secondary N) is 1. The first-order valence-electron chi connectivity index (χ1n) is 14.0. The molecule has 1 amide bonds. The predicted molar refractivity (Wildman–Crippen MR) is 159 cm³/mol. The van der Waals surface area contributed by atoms with Crippen LogP contribution in [0.15, 0.2) is 59.5 Å². The molecular weight excluding hydrogens is 628 g/mol. The van der Waals surface area contributed by atoms with Gasteiger partial charge in [-0.2, -0.15) is 0 Å². The Balaban J connectivity index is 2.14. The van der Waals surface area contributed by atoms with Crippen molar-refractivity contribution in [1.29, 1.82) is 0 Å². The number of esters is 4. The normalized spacial score (nSPS) is 22.0. The van der Waals surface area contributed by atoms with E-state index in [2.05, 4.69) is 5.32 Å². The van der Waals surface area contributed by atoms with E-state index in [4.69, 9.17) is 23.7 Å². The molecule has 1 fully saturated rings. The van der Waals surface area contributed by atoms with Crippen molar-refractivity contribution in [2.75, 3.05) is 6.61 Å². The second-order valence-corrected chi connectivity index (χ2v) is 11.6. The van der Waals surface area contributed by atoms with Gasteiger partial charge in [0, 0.05) is 51.1 Å². The Morgan fingerprint density at radius 3 is 2.15 bits per heavy atom. The summed E-state index contributed by atoms with van der Waals surface area (Å²) in [6, 6.07) is 12.5. The molecule has 3 rings (SSSR count). The molecule has 0 aromatic heterocycles. The summed E-state index contributed by atoms with van der Waals surface area (Å²) in [4.78, 5) is 71.1. The van der Waals surface area contributed by atoms with Crippen molar-refractivity contribution >= 4 is 47.2 Å². The van der Waals surface area contributed by atoms with Crippen molar-refractivity contribution in [2.45, 2.75) is 81.0 Å². The number of non-ortho nitro benzene ring substituents is 1.